The number of alkyl halides is 1. The minimum atomic E-state index is -0.581. The monoisotopic (exact) mass is 161 g/mol. The maximum Gasteiger partial charge on any atom is 0.435 e. The van der Waals surface area contributed by atoms with Gasteiger partial charge in [0, 0.05) is 0 Å². The van der Waals surface area contributed by atoms with Crippen molar-refractivity contribution in [1.29, 1.82) is 0 Å². The first-order valence-electron chi connectivity index (χ1n) is 2.47. The fourth-order valence-corrected chi connectivity index (χ4v) is 0.753. The van der Waals surface area contributed by atoms with Gasteiger partial charge >= 0.3 is 5.95 Å². The SMILES string of the molecule is O=[N+]([O-])c1nccn1CCl. The highest BCUT2D eigenvalue weighted by Crippen LogP contribution is 2.07. The van der Waals surface area contributed by atoms with E-state index in [0.29, 0.717) is 0 Å². The van der Waals surface area contributed by atoms with Gasteiger partial charge in [0.2, 0.25) is 0 Å². The van der Waals surface area contributed by atoms with Crippen molar-refractivity contribution >= 4 is 17.5 Å². The molecule has 0 amide bonds. The Bertz CT molecular complexity index is 246. The van der Waals surface area contributed by atoms with E-state index in [0.717, 1.165) is 0 Å². The predicted octanol–water partition coefficient (Wildman–Crippen LogP) is 0.988. The van der Waals surface area contributed by atoms with Gasteiger partial charge in [0.1, 0.15) is 18.4 Å². The molecule has 5 nitrogen and oxygen atoms in total. The van der Waals surface area contributed by atoms with Crippen molar-refractivity contribution in [2.45, 2.75) is 6.00 Å². The number of imidazole rings is 1. The van der Waals surface area contributed by atoms with Crippen LogP contribution in [0.1, 0.15) is 0 Å². The van der Waals surface area contributed by atoms with Crippen molar-refractivity contribution in [3.8, 4) is 0 Å². The molecule has 1 aromatic heterocycles. The molecule has 0 aliphatic heterocycles. The van der Waals surface area contributed by atoms with Crippen LogP contribution in [0.4, 0.5) is 5.95 Å². The van der Waals surface area contributed by atoms with Gasteiger partial charge in [-0.1, -0.05) is 16.6 Å². The number of halogens is 1. The van der Waals surface area contributed by atoms with Crippen LogP contribution in [0.25, 0.3) is 0 Å². The lowest BCUT2D eigenvalue weighted by Gasteiger charge is -1.93. The normalized spacial score (nSPS) is 9.70. The second kappa shape index (κ2) is 2.66. The van der Waals surface area contributed by atoms with Gasteiger partial charge in [0.05, 0.1) is 0 Å². The van der Waals surface area contributed by atoms with E-state index in [2.05, 4.69) is 4.98 Å². The first-order chi connectivity index (χ1) is 4.75. The lowest BCUT2D eigenvalue weighted by atomic mass is 10.9. The second-order valence-electron chi connectivity index (χ2n) is 1.57. The summed E-state index contributed by atoms with van der Waals surface area (Å²) in [5, 5.41) is 10.1. The molecule has 54 valence electrons. The van der Waals surface area contributed by atoms with Crippen LogP contribution in [-0.2, 0) is 6.00 Å². The molecule has 0 radical (unpaired) electrons. The molecule has 0 spiro atoms. The Morgan fingerprint density at radius 3 is 3.00 bits per heavy atom. The number of aromatic nitrogens is 2. The highest BCUT2D eigenvalue weighted by atomic mass is 35.5. The summed E-state index contributed by atoms with van der Waals surface area (Å²) in [5.41, 5.74) is 0. The van der Waals surface area contributed by atoms with Crippen molar-refractivity contribution in [2.75, 3.05) is 0 Å². The van der Waals surface area contributed by atoms with E-state index in [1.54, 1.807) is 0 Å². The summed E-state index contributed by atoms with van der Waals surface area (Å²) in [7, 11) is 0. The van der Waals surface area contributed by atoms with E-state index in [9.17, 15) is 10.1 Å². The Morgan fingerprint density at radius 2 is 2.60 bits per heavy atom. The van der Waals surface area contributed by atoms with Gasteiger partial charge in [-0.2, -0.15) is 0 Å². The molecule has 1 rings (SSSR count). The Labute approximate surface area is 61.4 Å². The minimum absolute atomic E-state index is 0.0519. The third-order valence-electron chi connectivity index (χ3n) is 0.986. The van der Waals surface area contributed by atoms with Crippen LogP contribution in [0.3, 0.4) is 0 Å². The smallest absolute Gasteiger partial charge is 0.390 e. The van der Waals surface area contributed by atoms with Crippen molar-refractivity contribution < 1.29 is 4.92 Å². The van der Waals surface area contributed by atoms with Gasteiger partial charge in [-0.05, 0) is 4.92 Å². The second-order valence-corrected chi connectivity index (χ2v) is 1.81. The van der Waals surface area contributed by atoms with Gasteiger partial charge in [-0.15, -0.1) is 0 Å². The van der Waals surface area contributed by atoms with E-state index in [-0.39, 0.29) is 12.0 Å². The molecule has 1 aromatic rings. The zero-order chi connectivity index (χ0) is 7.56. The summed E-state index contributed by atoms with van der Waals surface area (Å²) < 4.78 is 1.24. The van der Waals surface area contributed by atoms with Crippen LogP contribution in [0.2, 0.25) is 0 Å². The topological polar surface area (TPSA) is 61.0 Å². The van der Waals surface area contributed by atoms with Gasteiger partial charge in [-0.3, -0.25) is 0 Å². The summed E-state index contributed by atoms with van der Waals surface area (Å²) in [6, 6.07) is 0.0519. The third kappa shape index (κ3) is 1.08. The van der Waals surface area contributed by atoms with Crippen LogP contribution in [0.5, 0.6) is 0 Å². The molecule has 0 saturated heterocycles. The number of nitro groups is 1. The molecular weight excluding hydrogens is 158 g/mol. The van der Waals surface area contributed by atoms with Gasteiger partial charge in [0.15, 0.2) is 0 Å². The van der Waals surface area contributed by atoms with Gasteiger partial charge < -0.3 is 10.1 Å². The molecule has 0 fully saturated rings. The average Bonchev–Trinajstić information content (AvgIpc) is 2.33. The first kappa shape index (κ1) is 7.01. The maximum atomic E-state index is 10.1. The molecule has 0 aromatic carbocycles. The third-order valence-corrected chi connectivity index (χ3v) is 1.24. The minimum Gasteiger partial charge on any atom is -0.390 e. The summed E-state index contributed by atoms with van der Waals surface area (Å²) in [6.07, 6.45) is 2.78. The fraction of sp³-hybridized carbons (Fsp3) is 0.250. The average molecular weight is 162 g/mol. The molecule has 0 N–H and O–H groups in total. The Kier molecular flexibility index (Phi) is 1.86. The zero-order valence-corrected chi connectivity index (χ0v) is 5.65. The lowest BCUT2D eigenvalue weighted by molar-refractivity contribution is -0.396. The predicted molar refractivity (Wildman–Crippen MR) is 34.7 cm³/mol. The quantitative estimate of drug-likeness (QED) is 0.369. The maximum absolute atomic E-state index is 10.1. The van der Waals surface area contributed by atoms with Crippen molar-refractivity contribution in [1.82, 2.24) is 9.55 Å². The molecule has 10 heavy (non-hydrogen) atoms. The van der Waals surface area contributed by atoms with Crippen molar-refractivity contribution in [2.24, 2.45) is 0 Å². The Morgan fingerprint density at radius 1 is 1.90 bits per heavy atom. The molecule has 0 aliphatic carbocycles. The van der Waals surface area contributed by atoms with Crippen molar-refractivity contribution in [3.05, 3.63) is 22.5 Å². The number of rotatable bonds is 2. The number of nitrogens with zero attached hydrogens (tertiary/aromatic N) is 3. The summed E-state index contributed by atoms with van der Waals surface area (Å²) in [4.78, 5) is 13.0. The molecule has 0 atom stereocenters. The van der Waals surface area contributed by atoms with E-state index in [1.807, 2.05) is 0 Å². The van der Waals surface area contributed by atoms with Crippen LogP contribution in [-0.4, -0.2) is 14.5 Å². The van der Waals surface area contributed by atoms with Crippen LogP contribution >= 0.6 is 11.6 Å². The van der Waals surface area contributed by atoms with E-state index in [4.69, 9.17) is 11.6 Å². The molecule has 0 saturated carbocycles. The molecular formula is C4H4ClN3O2. The molecule has 6 heteroatoms. The van der Waals surface area contributed by atoms with E-state index in [1.165, 1.54) is 17.0 Å². The van der Waals surface area contributed by atoms with Gasteiger partial charge in [-0.25, -0.2) is 4.57 Å². The van der Waals surface area contributed by atoms with Crippen LogP contribution < -0.4 is 0 Å². The summed E-state index contributed by atoms with van der Waals surface area (Å²) in [5.74, 6) is -0.227. The summed E-state index contributed by atoms with van der Waals surface area (Å²) >= 11 is 5.34. The largest absolute Gasteiger partial charge is 0.435 e. The van der Waals surface area contributed by atoms with Crippen molar-refractivity contribution in [3.63, 3.8) is 0 Å². The highest BCUT2D eigenvalue weighted by Gasteiger charge is 2.11. The molecule has 0 bridgehead atoms. The highest BCUT2D eigenvalue weighted by molar-refractivity contribution is 6.15. The fourth-order valence-electron chi connectivity index (χ4n) is 0.567. The van der Waals surface area contributed by atoms with E-state index < -0.39 is 4.92 Å². The number of hydrogen-bond donors (Lipinski definition) is 0. The van der Waals surface area contributed by atoms with Gasteiger partial charge in [0.25, 0.3) is 0 Å². The molecule has 0 aliphatic rings. The van der Waals surface area contributed by atoms with Crippen LogP contribution in [0.15, 0.2) is 12.4 Å². The lowest BCUT2D eigenvalue weighted by Crippen LogP contribution is -1.98. The number of hydrogen-bond acceptors (Lipinski definition) is 3. The Hall–Kier alpha value is -1.10. The summed E-state index contributed by atoms with van der Waals surface area (Å²) in [6.45, 7) is 0. The Balaban J connectivity index is 3.01. The molecule has 1 heterocycles. The van der Waals surface area contributed by atoms with E-state index >= 15 is 0 Å². The molecule has 0 unspecified atom stereocenters. The standard InChI is InChI=1S/C4H4ClN3O2/c5-3-7-2-1-6-4(7)8(9)10/h1-2H,3H2. The van der Waals surface area contributed by atoms with Crippen LogP contribution in [0, 0.1) is 10.1 Å². The zero-order valence-electron chi connectivity index (χ0n) is 4.90. The first-order valence-corrected chi connectivity index (χ1v) is 3.00.